The fourth-order valence-electron chi connectivity index (χ4n) is 1.94. The van der Waals surface area contributed by atoms with Crippen LogP contribution in [-0.2, 0) is 9.59 Å². The van der Waals surface area contributed by atoms with Gasteiger partial charge in [0.25, 0.3) is 0 Å². The van der Waals surface area contributed by atoms with E-state index in [1.807, 2.05) is 0 Å². The van der Waals surface area contributed by atoms with Crippen molar-refractivity contribution < 1.29 is 14.4 Å². The molecule has 0 saturated heterocycles. The van der Waals surface area contributed by atoms with Crippen LogP contribution in [0.25, 0.3) is 0 Å². The van der Waals surface area contributed by atoms with E-state index in [-0.39, 0.29) is 18.4 Å². The molecule has 7 nitrogen and oxygen atoms in total. The van der Waals surface area contributed by atoms with Crippen molar-refractivity contribution in [3.63, 3.8) is 0 Å². The Balaban J connectivity index is 2.27. The molecule has 1 aromatic rings. The van der Waals surface area contributed by atoms with Gasteiger partial charge in [-0.1, -0.05) is 12.1 Å². The van der Waals surface area contributed by atoms with Gasteiger partial charge in [-0.3, -0.25) is 14.5 Å². The standard InChI is InChI=1S/C12H14N4O3/c1-7(14-12(13)19)11(18)16-6-10(17)15-8-4-2-3-5-9(8)16/h2-5,7H,6H2,1H3,(H,15,17)(H3,13,14,19)/t7-/m1/s1. The second-order valence-electron chi connectivity index (χ2n) is 4.22. The summed E-state index contributed by atoms with van der Waals surface area (Å²) < 4.78 is 0. The van der Waals surface area contributed by atoms with Gasteiger partial charge >= 0.3 is 6.03 Å². The van der Waals surface area contributed by atoms with Gasteiger partial charge in [0.2, 0.25) is 11.8 Å². The van der Waals surface area contributed by atoms with E-state index in [1.54, 1.807) is 24.3 Å². The molecule has 1 heterocycles. The summed E-state index contributed by atoms with van der Waals surface area (Å²) >= 11 is 0. The van der Waals surface area contributed by atoms with Crippen LogP contribution in [0, 0.1) is 0 Å². The fourth-order valence-corrected chi connectivity index (χ4v) is 1.94. The number of anilines is 2. The minimum absolute atomic E-state index is 0.0827. The molecule has 0 aromatic heterocycles. The zero-order valence-corrected chi connectivity index (χ0v) is 10.3. The highest BCUT2D eigenvalue weighted by Gasteiger charge is 2.29. The second-order valence-corrected chi connectivity index (χ2v) is 4.22. The lowest BCUT2D eigenvalue weighted by atomic mass is 10.1. The molecule has 0 spiro atoms. The SMILES string of the molecule is C[C@@H](NC(N)=O)C(=O)N1CC(=O)Nc2ccccc21. The van der Waals surface area contributed by atoms with Gasteiger partial charge in [0.05, 0.1) is 11.4 Å². The Hall–Kier alpha value is -2.57. The number of rotatable bonds is 2. The Kier molecular flexibility index (Phi) is 3.37. The largest absolute Gasteiger partial charge is 0.352 e. The summed E-state index contributed by atoms with van der Waals surface area (Å²) in [5.41, 5.74) is 6.15. The Morgan fingerprint density at radius 1 is 1.42 bits per heavy atom. The highest BCUT2D eigenvalue weighted by Crippen LogP contribution is 2.29. The molecule has 4 N–H and O–H groups in total. The van der Waals surface area contributed by atoms with Crippen molar-refractivity contribution in [1.29, 1.82) is 0 Å². The summed E-state index contributed by atoms with van der Waals surface area (Å²) in [5, 5.41) is 4.98. The molecule has 1 aromatic carbocycles. The van der Waals surface area contributed by atoms with Crippen molar-refractivity contribution >= 4 is 29.2 Å². The summed E-state index contributed by atoms with van der Waals surface area (Å²) in [6.45, 7) is 1.43. The molecule has 0 unspecified atom stereocenters. The highest BCUT2D eigenvalue weighted by molar-refractivity contribution is 6.11. The first-order valence-electron chi connectivity index (χ1n) is 5.75. The molecule has 1 aliphatic rings. The van der Waals surface area contributed by atoms with Gasteiger partial charge in [-0.25, -0.2) is 4.79 Å². The first-order chi connectivity index (χ1) is 8.99. The fraction of sp³-hybridized carbons (Fsp3) is 0.250. The maximum absolute atomic E-state index is 12.2. The van der Waals surface area contributed by atoms with E-state index in [9.17, 15) is 14.4 Å². The molecule has 0 fully saturated rings. The summed E-state index contributed by atoms with van der Waals surface area (Å²) in [6.07, 6.45) is 0. The number of fused-ring (bicyclic) bond motifs is 1. The molecule has 1 atom stereocenters. The lowest BCUT2D eigenvalue weighted by molar-refractivity contribution is -0.122. The van der Waals surface area contributed by atoms with Crippen molar-refractivity contribution in [2.75, 3.05) is 16.8 Å². The predicted molar refractivity (Wildman–Crippen MR) is 69.6 cm³/mol. The quantitative estimate of drug-likeness (QED) is 0.700. The number of amides is 4. The summed E-state index contributed by atoms with van der Waals surface area (Å²) in [7, 11) is 0. The van der Waals surface area contributed by atoms with Gasteiger partial charge in [-0.15, -0.1) is 0 Å². The lowest BCUT2D eigenvalue weighted by Crippen LogP contribution is -2.52. The highest BCUT2D eigenvalue weighted by atomic mass is 16.2. The predicted octanol–water partition coefficient (Wildman–Crippen LogP) is 0.0285. The van der Waals surface area contributed by atoms with E-state index in [0.29, 0.717) is 11.4 Å². The van der Waals surface area contributed by atoms with Crippen molar-refractivity contribution in [3.8, 4) is 0 Å². The normalized spacial score (nSPS) is 15.2. The Morgan fingerprint density at radius 2 is 2.11 bits per heavy atom. The van der Waals surface area contributed by atoms with Crippen LogP contribution in [0.2, 0.25) is 0 Å². The van der Waals surface area contributed by atoms with E-state index >= 15 is 0 Å². The number of carbonyl (C=O) groups excluding carboxylic acids is 3. The van der Waals surface area contributed by atoms with E-state index in [1.165, 1.54) is 11.8 Å². The number of nitrogens with zero attached hydrogens (tertiary/aromatic N) is 1. The molecule has 100 valence electrons. The third-order valence-corrected chi connectivity index (χ3v) is 2.77. The Bertz CT molecular complexity index is 544. The second kappa shape index (κ2) is 4.97. The molecule has 1 aliphatic heterocycles. The van der Waals surface area contributed by atoms with Crippen LogP contribution in [0.3, 0.4) is 0 Å². The minimum Gasteiger partial charge on any atom is -0.352 e. The molecule has 2 rings (SSSR count). The molecule has 4 amide bonds. The molecule has 0 bridgehead atoms. The third kappa shape index (κ3) is 2.65. The summed E-state index contributed by atoms with van der Waals surface area (Å²) in [5.74, 6) is -0.667. The molecule has 19 heavy (non-hydrogen) atoms. The molecular weight excluding hydrogens is 248 g/mol. The van der Waals surface area contributed by atoms with Gasteiger partial charge in [0.1, 0.15) is 12.6 Å². The first kappa shape index (κ1) is 12.9. The van der Waals surface area contributed by atoms with Crippen molar-refractivity contribution in [1.82, 2.24) is 5.32 Å². The van der Waals surface area contributed by atoms with Crippen molar-refractivity contribution in [2.45, 2.75) is 13.0 Å². The molecular formula is C12H14N4O3. The Labute approximate surface area is 109 Å². The van der Waals surface area contributed by atoms with E-state index < -0.39 is 12.1 Å². The van der Waals surface area contributed by atoms with Gasteiger partial charge in [-0.2, -0.15) is 0 Å². The maximum Gasteiger partial charge on any atom is 0.312 e. The van der Waals surface area contributed by atoms with Crippen LogP contribution in [-0.4, -0.2) is 30.4 Å². The van der Waals surface area contributed by atoms with Crippen LogP contribution in [0.4, 0.5) is 16.2 Å². The van der Waals surface area contributed by atoms with Gasteiger partial charge < -0.3 is 16.4 Å². The molecule has 0 saturated carbocycles. The van der Waals surface area contributed by atoms with E-state index in [4.69, 9.17) is 5.73 Å². The number of nitrogens with one attached hydrogen (secondary N) is 2. The maximum atomic E-state index is 12.2. The number of carbonyl (C=O) groups is 3. The lowest BCUT2D eigenvalue weighted by Gasteiger charge is -2.31. The topological polar surface area (TPSA) is 105 Å². The van der Waals surface area contributed by atoms with Crippen LogP contribution in [0.15, 0.2) is 24.3 Å². The van der Waals surface area contributed by atoms with Crippen LogP contribution >= 0.6 is 0 Å². The van der Waals surface area contributed by atoms with E-state index in [2.05, 4.69) is 10.6 Å². The first-order valence-corrected chi connectivity index (χ1v) is 5.75. The average Bonchev–Trinajstić information content (AvgIpc) is 2.36. The molecule has 7 heteroatoms. The van der Waals surface area contributed by atoms with Gasteiger partial charge in [0.15, 0.2) is 0 Å². The summed E-state index contributed by atoms with van der Waals surface area (Å²) in [6, 6.07) is 5.38. The number of nitrogens with two attached hydrogens (primary N) is 1. The zero-order chi connectivity index (χ0) is 14.0. The van der Waals surface area contributed by atoms with Crippen LogP contribution < -0.4 is 21.3 Å². The molecule has 0 aliphatic carbocycles. The Morgan fingerprint density at radius 3 is 2.79 bits per heavy atom. The van der Waals surface area contributed by atoms with Crippen LogP contribution in [0.1, 0.15) is 6.92 Å². The minimum atomic E-state index is -0.795. The van der Waals surface area contributed by atoms with Crippen molar-refractivity contribution in [3.05, 3.63) is 24.3 Å². The number of urea groups is 1. The van der Waals surface area contributed by atoms with Crippen LogP contribution in [0.5, 0.6) is 0 Å². The average molecular weight is 262 g/mol. The number of primary amides is 1. The number of para-hydroxylation sites is 2. The summed E-state index contributed by atoms with van der Waals surface area (Å²) in [4.78, 5) is 35.9. The number of hydrogen-bond acceptors (Lipinski definition) is 3. The third-order valence-electron chi connectivity index (χ3n) is 2.77. The monoisotopic (exact) mass is 262 g/mol. The van der Waals surface area contributed by atoms with Crippen molar-refractivity contribution in [2.24, 2.45) is 5.73 Å². The number of benzene rings is 1. The smallest absolute Gasteiger partial charge is 0.312 e. The number of hydrogen-bond donors (Lipinski definition) is 3. The van der Waals surface area contributed by atoms with Gasteiger partial charge in [0, 0.05) is 0 Å². The van der Waals surface area contributed by atoms with Gasteiger partial charge in [-0.05, 0) is 19.1 Å². The molecule has 0 radical (unpaired) electrons. The zero-order valence-electron chi connectivity index (χ0n) is 10.3. The van der Waals surface area contributed by atoms with E-state index in [0.717, 1.165) is 0 Å².